The minimum absolute atomic E-state index is 0.0273. The van der Waals surface area contributed by atoms with Gasteiger partial charge in [0, 0.05) is 11.9 Å². The molecule has 0 aromatic heterocycles. The van der Waals surface area contributed by atoms with E-state index in [4.69, 9.17) is 11.6 Å². The summed E-state index contributed by atoms with van der Waals surface area (Å²) in [5, 5.41) is 12.8. The number of hydrogen-bond acceptors (Lipinski definition) is 2. The average molecular weight is 268 g/mol. The van der Waals surface area contributed by atoms with Crippen LogP contribution in [-0.4, -0.2) is 22.9 Å². The Labute approximate surface area is 112 Å². The molecular formula is C14H18ClNO2. The lowest BCUT2D eigenvalue weighted by Crippen LogP contribution is -2.31. The van der Waals surface area contributed by atoms with Gasteiger partial charge in [-0.05, 0) is 43.7 Å². The number of benzene rings is 1. The molecule has 0 radical (unpaired) electrons. The van der Waals surface area contributed by atoms with Crippen LogP contribution in [-0.2, 0) is 0 Å². The van der Waals surface area contributed by atoms with Crippen LogP contribution < -0.4 is 5.32 Å². The van der Waals surface area contributed by atoms with Crippen molar-refractivity contribution in [2.75, 3.05) is 6.54 Å². The monoisotopic (exact) mass is 267 g/mol. The summed E-state index contributed by atoms with van der Waals surface area (Å²) in [7, 11) is 0. The standard InChI is InChI=1S/C14H18ClNO2/c15-11-7-5-10(6-8-11)9-16-14(18)12-3-1-2-4-13(12)17/h1-4,10-11,17H,5-9H2,(H,16,18). The maximum Gasteiger partial charge on any atom is 0.255 e. The van der Waals surface area contributed by atoms with Gasteiger partial charge >= 0.3 is 0 Å². The molecular weight excluding hydrogens is 250 g/mol. The summed E-state index contributed by atoms with van der Waals surface area (Å²) in [5.41, 5.74) is 0.337. The maximum absolute atomic E-state index is 11.9. The molecule has 2 N–H and O–H groups in total. The van der Waals surface area contributed by atoms with E-state index in [1.807, 2.05) is 0 Å². The Kier molecular flexibility index (Phi) is 4.48. The zero-order valence-corrected chi connectivity index (χ0v) is 11.0. The molecule has 0 saturated heterocycles. The summed E-state index contributed by atoms with van der Waals surface area (Å²) in [4.78, 5) is 11.9. The number of carbonyl (C=O) groups excluding carboxylic acids is 1. The molecule has 0 heterocycles. The van der Waals surface area contributed by atoms with E-state index >= 15 is 0 Å². The largest absolute Gasteiger partial charge is 0.507 e. The third-order valence-electron chi connectivity index (χ3n) is 3.48. The van der Waals surface area contributed by atoms with Crippen molar-refractivity contribution >= 4 is 17.5 Å². The first-order valence-corrected chi connectivity index (χ1v) is 6.80. The van der Waals surface area contributed by atoms with Gasteiger partial charge in [-0.3, -0.25) is 4.79 Å². The maximum atomic E-state index is 11.9. The van der Waals surface area contributed by atoms with E-state index < -0.39 is 0 Å². The number of alkyl halides is 1. The molecule has 1 fully saturated rings. The molecule has 1 aromatic rings. The number of phenols is 1. The van der Waals surface area contributed by atoms with Crippen LogP contribution in [0.4, 0.5) is 0 Å². The van der Waals surface area contributed by atoms with E-state index in [1.54, 1.807) is 18.2 Å². The van der Waals surface area contributed by atoms with E-state index in [9.17, 15) is 9.90 Å². The van der Waals surface area contributed by atoms with E-state index in [0.29, 0.717) is 23.4 Å². The van der Waals surface area contributed by atoms with Crippen LogP contribution >= 0.6 is 11.6 Å². The molecule has 0 aliphatic heterocycles. The predicted molar refractivity (Wildman–Crippen MR) is 72.0 cm³/mol. The number of rotatable bonds is 3. The molecule has 0 unspecified atom stereocenters. The van der Waals surface area contributed by atoms with E-state index in [0.717, 1.165) is 25.7 Å². The van der Waals surface area contributed by atoms with Crippen molar-refractivity contribution in [2.45, 2.75) is 31.1 Å². The first-order valence-electron chi connectivity index (χ1n) is 6.37. The third kappa shape index (κ3) is 3.39. The highest BCUT2D eigenvalue weighted by Crippen LogP contribution is 2.27. The molecule has 2 rings (SSSR count). The minimum atomic E-state index is -0.207. The lowest BCUT2D eigenvalue weighted by molar-refractivity contribution is 0.0941. The Morgan fingerprint density at radius 3 is 2.61 bits per heavy atom. The second-order valence-electron chi connectivity index (χ2n) is 4.85. The zero-order valence-electron chi connectivity index (χ0n) is 10.2. The molecule has 1 aliphatic carbocycles. The number of nitrogens with one attached hydrogen (secondary N) is 1. The van der Waals surface area contributed by atoms with Gasteiger partial charge in [0.1, 0.15) is 5.75 Å². The van der Waals surface area contributed by atoms with Crippen molar-refractivity contribution in [3.8, 4) is 5.75 Å². The van der Waals surface area contributed by atoms with Crippen molar-refractivity contribution in [1.29, 1.82) is 0 Å². The summed E-state index contributed by atoms with van der Waals surface area (Å²) in [6.07, 6.45) is 4.18. The average Bonchev–Trinajstić information content (AvgIpc) is 2.38. The summed E-state index contributed by atoms with van der Waals surface area (Å²) >= 11 is 6.04. The van der Waals surface area contributed by atoms with Crippen LogP contribution in [0, 0.1) is 5.92 Å². The molecule has 98 valence electrons. The number of aromatic hydroxyl groups is 1. The second-order valence-corrected chi connectivity index (χ2v) is 5.46. The molecule has 0 spiro atoms. The van der Waals surface area contributed by atoms with E-state index in [-0.39, 0.29) is 11.7 Å². The van der Waals surface area contributed by atoms with E-state index in [2.05, 4.69) is 5.32 Å². The minimum Gasteiger partial charge on any atom is -0.507 e. The van der Waals surface area contributed by atoms with Gasteiger partial charge in [-0.2, -0.15) is 0 Å². The fraction of sp³-hybridized carbons (Fsp3) is 0.500. The van der Waals surface area contributed by atoms with E-state index in [1.165, 1.54) is 6.07 Å². The van der Waals surface area contributed by atoms with Gasteiger partial charge < -0.3 is 10.4 Å². The number of carbonyl (C=O) groups is 1. The molecule has 1 saturated carbocycles. The van der Waals surface area contributed by atoms with Crippen LogP contribution in [0.5, 0.6) is 5.75 Å². The van der Waals surface area contributed by atoms with Crippen LogP contribution in [0.25, 0.3) is 0 Å². The Morgan fingerprint density at radius 1 is 1.28 bits per heavy atom. The zero-order chi connectivity index (χ0) is 13.0. The topological polar surface area (TPSA) is 49.3 Å². The summed E-state index contributed by atoms with van der Waals surface area (Å²) in [5.74, 6) is 0.329. The summed E-state index contributed by atoms with van der Waals surface area (Å²) in [6.45, 7) is 0.663. The number of amides is 1. The van der Waals surface area contributed by atoms with Gasteiger partial charge in [0.2, 0.25) is 0 Å². The smallest absolute Gasteiger partial charge is 0.255 e. The first-order chi connectivity index (χ1) is 8.66. The summed E-state index contributed by atoms with van der Waals surface area (Å²) in [6, 6.07) is 6.59. The van der Waals surface area contributed by atoms with Gasteiger partial charge in [-0.25, -0.2) is 0 Å². The number of hydrogen-bond donors (Lipinski definition) is 2. The Hall–Kier alpha value is -1.22. The van der Waals surface area contributed by atoms with Crippen LogP contribution in [0.3, 0.4) is 0 Å². The quantitative estimate of drug-likeness (QED) is 0.828. The van der Waals surface area contributed by atoms with Gasteiger partial charge in [0.15, 0.2) is 0 Å². The highest BCUT2D eigenvalue weighted by atomic mass is 35.5. The third-order valence-corrected chi connectivity index (χ3v) is 3.91. The fourth-order valence-corrected chi connectivity index (χ4v) is 2.58. The normalized spacial score (nSPS) is 23.6. The van der Waals surface area contributed by atoms with Crippen molar-refractivity contribution in [2.24, 2.45) is 5.92 Å². The lowest BCUT2D eigenvalue weighted by atomic mass is 9.89. The molecule has 4 heteroatoms. The Bertz CT molecular complexity index is 414. The first kappa shape index (κ1) is 13.2. The SMILES string of the molecule is O=C(NCC1CCC(Cl)CC1)c1ccccc1O. The molecule has 1 amide bonds. The molecule has 3 nitrogen and oxygen atoms in total. The Balaban J connectivity index is 1.84. The van der Waals surface area contributed by atoms with Crippen LogP contribution in [0.15, 0.2) is 24.3 Å². The van der Waals surface area contributed by atoms with Gasteiger partial charge in [-0.15, -0.1) is 11.6 Å². The van der Waals surface area contributed by atoms with Crippen molar-refractivity contribution in [3.05, 3.63) is 29.8 Å². The molecule has 0 bridgehead atoms. The molecule has 1 aliphatic rings. The molecule has 0 atom stereocenters. The number of halogens is 1. The van der Waals surface area contributed by atoms with Crippen molar-refractivity contribution in [1.82, 2.24) is 5.32 Å². The number of para-hydroxylation sites is 1. The fourth-order valence-electron chi connectivity index (χ4n) is 2.32. The molecule has 1 aromatic carbocycles. The van der Waals surface area contributed by atoms with Gasteiger partial charge in [0.25, 0.3) is 5.91 Å². The Morgan fingerprint density at radius 2 is 1.94 bits per heavy atom. The van der Waals surface area contributed by atoms with Crippen molar-refractivity contribution in [3.63, 3.8) is 0 Å². The second kappa shape index (κ2) is 6.10. The summed E-state index contributed by atoms with van der Waals surface area (Å²) < 4.78 is 0. The van der Waals surface area contributed by atoms with Gasteiger partial charge in [0.05, 0.1) is 5.56 Å². The highest BCUT2D eigenvalue weighted by Gasteiger charge is 2.20. The van der Waals surface area contributed by atoms with Gasteiger partial charge in [-0.1, -0.05) is 12.1 Å². The van der Waals surface area contributed by atoms with Crippen molar-refractivity contribution < 1.29 is 9.90 Å². The predicted octanol–water partition coefficient (Wildman–Crippen LogP) is 2.92. The lowest BCUT2D eigenvalue weighted by Gasteiger charge is -2.25. The highest BCUT2D eigenvalue weighted by molar-refractivity contribution is 6.20. The molecule has 18 heavy (non-hydrogen) atoms. The number of phenolic OH excluding ortho intramolecular Hbond substituents is 1. The van der Waals surface area contributed by atoms with Crippen LogP contribution in [0.1, 0.15) is 36.0 Å². The van der Waals surface area contributed by atoms with Crippen LogP contribution in [0.2, 0.25) is 0 Å².